The van der Waals surface area contributed by atoms with Gasteiger partial charge in [-0.3, -0.25) is 4.99 Å². The minimum atomic E-state index is -0.0366. The predicted octanol–water partition coefficient (Wildman–Crippen LogP) is 2.18. The van der Waals surface area contributed by atoms with Crippen LogP contribution in [0.25, 0.3) is 0 Å². The molecule has 1 rings (SSSR count). The zero-order valence-corrected chi connectivity index (χ0v) is 10.9. The number of hydrazine groups is 1. The fourth-order valence-electron chi connectivity index (χ4n) is 1.77. The Morgan fingerprint density at radius 1 is 1.40 bits per heavy atom. The van der Waals surface area contributed by atoms with Crippen molar-refractivity contribution >= 4 is 17.6 Å². The van der Waals surface area contributed by atoms with Gasteiger partial charge in [0, 0.05) is 6.42 Å². The zero-order valence-electron chi connectivity index (χ0n) is 10.0. The summed E-state index contributed by atoms with van der Waals surface area (Å²) in [5.74, 6) is 9.82. The van der Waals surface area contributed by atoms with E-state index >= 15 is 0 Å². The molecule has 0 aliphatic carbocycles. The van der Waals surface area contributed by atoms with Crippen LogP contribution < -0.4 is 11.3 Å². The first-order valence-corrected chi connectivity index (χ1v) is 6.80. The highest BCUT2D eigenvalue weighted by Crippen LogP contribution is 2.25. The average molecular weight is 229 g/mol. The van der Waals surface area contributed by atoms with E-state index < -0.39 is 0 Å². The maximum atomic E-state index is 5.51. The van der Waals surface area contributed by atoms with Gasteiger partial charge in [0.15, 0.2) is 0 Å². The second-order valence-corrected chi connectivity index (χ2v) is 6.36. The van der Waals surface area contributed by atoms with Crippen molar-refractivity contribution in [3.63, 3.8) is 0 Å². The lowest BCUT2D eigenvalue weighted by Gasteiger charge is -2.23. The molecule has 0 saturated carbocycles. The van der Waals surface area contributed by atoms with Gasteiger partial charge >= 0.3 is 0 Å². The van der Waals surface area contributed by atoms with E-state index in [4.69, 9.17) is 5.84 Å². The third kappa shape index (κ3) is 5.42. The first-order chi connectivity index (χ1) is 7.01. The van der Waals surface area contributed by atoms with Gasteiger partial charge in [0.05, 0.1) is 5.54 Å². The zero-order chi connectivity index (χ0) is 11.3. The van der Waals surface area contributed by atoms with Crippen LogP contribution in [0, 0.1) is 5.92 Å². The SMILES string of the molecule is CC(C)(C)N=C(CC1CCSCC1)NN. The topological polar surface area (TPSA) is 50.4 Å². The quantitative estimate of drug-likeness (QED) is 0.330. The van der Waals surface area contributed by atoms with Crippen LogP contribution in [0.1, 0.15) is 40.0 Å². The molecule has 0 aromatic carbocycles. The number of amidine groups is 1. The average Bonchev–Trinajstić information content (AvgIpc) is 2.16. The van der Waals surface area contributed by atoms with Crippen LogP contribution in [0.2, 0.25) is 0 Å². The van der Waals surface area contributed by atoms with Crippen molar-refractivity contribution in [1.82, 2.24) is 5.43 Å². The number of rotatable bonds is 2. The number of nitrogens with one attached hydrogen (secondary N) is 1. The molecule has 1 heterocycles. The van der Waals surface area contributed by atoms with E-state index in [1.54, 1.807) is 0 Å². The summed E-state index contributed by atoms with van der Waals surface area (Å²) in [5, 5.41) is 0. The smallest absolute Gasteiger partial charge is 0.111 e. The highest BCUT2D eigenvalue weighted by atomic mass is 32.2. The number of hydrogen-bond donors (Lipinski definition) is 2. The molecule has 0 spiro atoms. The van der Waals surface area contributed by atoms with Crippen molar-refractivity contribution in [2.24, 2.45) is 16.8 Å². The molecule has 0 aromatic rings. The van der Waals surface area contributed by atoms with Gasteiger partial charge in [0.2, 0.25) is 0 Å². The van der Waals surface area contributed by atoms with Crippen LogP contribution in [0.15, 0.2) is 4.99 Å². The summed E-state index contributed by atoms with van der Waals surface area (Å²) in [6, 6.07) is 0. The van der Waals surface area contributed by atoms with Gasteiger partial charge in [-0.15, -0.1) is 0 Å². The standard InChI is InChI=1S/C11H23N3S/c1-11(2,3)13-10(14-12)8-9-4-6-15-7-5-9/h9H,4-8,12H2,1-3H3,(H,13,14). The van der Waals surface area contributed by atoms with E-state index in [1.165, 1.54) is 24.3 Å². The molecule has 15 heavy (non-hydrogen) atoms. The van der Waals surface area contributed by atoms with E-state index in [0.717, 1.165) is 18.2 Å². The Morgan fingerprint density at radius 2 is 2.00 bits per heavy atom. The van der Waals surface area contributed by atoms with Gasteiger partial charge in [-0.05, 0) is 51.0 Å². The molecule has 4 heteroatoms. The molecule has 88 valence electrons. The third-order valence-corrected chi connectivity index (χ3v) is 3.51. The number of hydrogen-bond acceptors (Lipinski definition) is 3. The molecule has 0 atom stereocenters. The lowest BCUT2D eigenvalue weighted by atomic mass is 9.98. The molecule has 0 radical (unpaired) electrons. The monoisotopic (exact) mass is 229 g/mol. The Kier molecular flexibility index (Phi) is 4.93. The van der Waals surface area contributed by atoms with E-state index in [0.29, 0.717) is 0 Å². The lowest BCUT2D eigenvalue weighted by Crippen LogP contribution is -2.35. The van der Waals surface area contributed by atoms with Crippen LogP contribution in [0.5, 0.6) is 0 Å². The van der Waals surface area contributed by atoms with Gasteiger partial charge < -0.3 is 5.43 Å². The van der Waals surface area contributed by atoms with Crippen molar-refractivity contribution < 1.29 is 0 Å². The fourth-order valence-corrected chi connectivity index (χ4v) is 2.97. The Bertz CT molecular complexity index is 214. The summed E-state index contributed by atoms with van der Waals surface area (Å²) in [6.45, 7) is 6.29. The Hall–Kier alpha value is -0.220. The largest absolute Gasteiger partial charge is 0.312 e. The molecule has 0 aromatic heterocycles. The molecular weight excluding hydrogens is 206 g/mol. The first-order valence-electron chi connectivity index (χ1n) is 5.64. The molecule has 1 aliphatic heterocycles. The summed E-state index contributed by atoms with van der Waals surface area (Å²) >= 11 is 2.05. The summed E-state index contributed by atoms with van der Waals surface area (Å²) in [6.07, 6.45) is 3.61. The van der Waals surface area contributed by atoms with Crippen molar-refractivity contribution in [3.05, 3.63) is 0 Å². The summed E-state index contributed by atoms with van der Waals surface area (Å²) in [5.41, 5.74) is 2.71. The van der Waals surface area contributed by atoms with Crippen molar-refractivity contribution in [2.75, 3.05) is 11.5 Å². The second-order valence-electron chi connectivity index (χ2n) is 5.13. The molecule has 1 aliphatic rings. The lowest BCUT2D eigenvalue weighted by molar-refractivity contribution is 0.496. The highest BCUT2D eigenvalue weighted by molar-refractivity contribution is 7.99. The predicted molar refractivity (Wildman–Crippen MR) is 69.2 cm³/mol. The van der Waals surface area contributed by atoms with E-state index in [2.05, 4.69) is 43.0 Å². The Balaban J connectivity index is 2.48. The van der Waals surface area contributed by atoms with Crippen LogP contribution in [0.4, 0.5) is 0 Å². The molecule has 0 amide bonds. The van der Waals surface area contributed by atoms with Crippen LogP contribution >= 0.6 is 11.8 Å². The Labute approximate surface area is 97.3 Å². The number of aliphatic imine (C=N–C) groups is 1. The maximum absolute atomic E-state index is 5.51. The third-order valence-electron chi connectivity index (χ3n) is 2.46. The fraction of sp³-hybridized carbons (Fsp3) is 0.909. The summed E-state index contributed by atoms with van der Waals surface area (Å²) in [4.78, 5) is 4.60. The minimum absolute atomic E-state index is 0.0366. The van der Waals surface area contributed by atoms with E-state index in [1.807, 2.05) is 0 Å². The second kappa shape index (κ2) is 5.75. The molecule has 3 N–H and O–H groups in total. The summed E-state index contributed by atoms with van der Waals surface area (Å²) in [7, 11) is 0. The first kappa shape index (κ1) is 12.8. The van der Waals surface area contributed by atoms with Crippen LogP contribution in [0.3, 0.4) is 0 Å². The molecule has 0 unspecified atom stereocenters. The van der Waals surface area contributed by atoms with Gasteiger partial charge in [-0.1, -0.05) is 0 Å². The van der Waals surface area contributed by atoms with E-state index in [-0.39, 0.29) is 5.54 Å². The number of thioether (sulfide) groups is 1. The highest BCUT2D eigenvalue weighted by Gasteiger charge is 2.17. The molecule has 3 nitrogen and oxygen atoms in total. The molecular formula is C11H23N3S. The van der Waals surface area contributed by atoms with Crippen LogP contribution in [-0.4, -0.2) is 22.9 Å². The van der Waals surface area contributed by atoms with Crippen molar-refractivity contribution in [3.8, 4) is 0 Å². The van der Waals surface area contributed by atoms with Gasteiger partial charge in [0.1, 0.15) is 5.84 Å². The number of nitrogens with two attached hydrogens (primary N) is 1. The molecule has 1 fully saturated rings. The molecule has 1 saturated heterocycles. The van der Waals surface area contributed by atoms with Gasteiger partial charge in [-0.2, -0.15) is 11.8 Å². The Morgan fingerprint density at radius 3 is 2.47 bits per heavy atom. The minimum Gasteiger partial charge on any atom is -0.312 e. The normalized spacial score (nSPS) is 20.4. The van der Waals surface area contributed by atoms with Gasteiger partial charge in [0.25, 0.3) is 0 Å². The van der Waals surface area contributed by atoms with E-state index in [9.17, 15) is 0 Å². The van der Waals surface area contributed by atoms with Crippen LogP contribution in [-0.2, 0) is 0 Å². The molecule has 0 bridgehead atoms. The van der Waals surface area contributed by atoms with Gasteiger partial charge in [-0.25, -0.2) is 5.84 Å². The summed E-state index contributed by atoms with van der Waals surface area (Å²) < 4.78 is 0. The van der Waals surface area contributed by atoms with Crippen molar-refractivity contribution in [1.29, 1.82) is 0 Å². The maximum Gasteiger partial charge on any atom is 0.111 e. The van der Waals surface area contributed by atoms with Crippen molar-refractivity contribution in [2.45, 2.75) is 45.6 Å². The number of nitrogens with zero attached hydrogens (tertiary/aromatic N) is 1.